The molecule has 0 aliphatic carbocycles. The molecule has 0 aliphatic heterocycles. The van der Waals surface area contributed by atoms with Crippen molar-refractivity contribution in [1.82, 2.24) is 5.32 Å². The van der Waals surface area contributed by atoms with Gasteiger partial charge < -0.3 is 10.1 Å². The number of carbonyl (C=O) groups excluding carboxylic acids is 2. The molecule has 22 heavy (non-hydrogen) atoms. The molecule has 1 rings (SSSR count). The Hall–Kier alpha value is -2.08. The Kier molecular flexibility index (Phi) is 8.67. The van der Waals surface area contributed by atoms with Crippen molar-refractivity contribution in [2.45, 2.75) is 25.9 Å². The van der Waals surface area contributed by atoms with Gasteiger partial charge in [-0.2, -0.15) is 4.99 Å². The summed E-state index contributed by atoms with van der Waals surface area (Å²) in [6.45, 7) is 3.75. The standard InChI is InChI=1S/C16H20N2O3S/c1-3-4-6-11-14(19)17-15(22-2)18-16(20)21-12-13-9-7-5-8-10-13/h3,5,7-10H,1,4,6,11-12H2,2H3,(H,17,18,19,20). The fraction of sp³-hybridized carbons (Fsp3) is 0.312. The zero-order valence-electron chi connectivity index (χ0n) is 12.6. The van der Waals surface area contributed by atoms with E-state index in [0.29, 0.717) is 6.42 Å². The van der Waals surface area contributed by atoms with Crippen LogP contribution in [-0.2, 0) is 16.1 Å². The van der Waals surface area contributed by atoms with Crippen LogP contribution in [0.1, 0.15) is 24.8 Å². The van der Waals surface area contributed by atoms with Gasteiger partial charge in [0.1, 0.15) is 6.61 Å². The number of carbonyl (C=O) groups is 2. The van der Waals surface area contributed by atoms with E-state index in [1.165, 1.54) is 11.8 Å². The van der Waals surface area contributed by atoms with E-state index >= 15 is 0 Å². The highest BCUT2D eigenvalue weighted by Gasteiger charge is 2.08. The monoisotopic (exact) mass is 320 g/mol. The van der Waals surface area contributed by atoms with Gasteiger partial charge in [-0.05, 0) is 24.7 Å². The maximum Gasteiger partial charge on any atom is 0.436 e. The minimum Gasteiger partial charge on any atom is -0.443 e. The van der Waals surface area contributed by atoms with Crippen LogP contribution in [0.5, 0.6) is 0 Å². The molecule has 0 fully saturated rings. The SMILES string of the molecule is C=CCCCC(=O)N/C(=N/C(=O)OCc1ccccc1)SC. The number of ether oxygens (including phenoxy) is 1. The zero-order chi connectivity index (χ0) is 16.2. The Morgan fingerprint density at radius 2 is 2.09 bits per heavy atom. The average Bonchev–Trinajstić information content (AvgIpc) is 2.53. The molecule has 0 aliphatic rings. The third kappa shape index (κ3) is 7.64. The number of aliphatic imine (C=N–C) groups is 1. The summed E-state index contributed by atoms with van der Waals surface area (Å²) in [5, 5.41) is 2.83. The smallest absolute Gasteiger partial charge is 0.436 e. The van der Waals surface area contributed by atoms with Crippen molar-refractivity contribution in [2.24, 2.45) is 4.99 Å². The second-order valence-electron chi connectivity index (χ2n) is 4.39. The van der Waals surface area contributed by atoms with Gasteiger partial charge in [0.15, 0.2) is 5.17 Å². The van der Waals surface area contributed by atoms with Crippen molar-refractivity contribution >= 4 is 28.9 Å². The molecular formula is C16H20N2O3S. The van der Waals surface area contributed by atoms with Crippen molar-refractivity contribution in [2.75, 3.05) is 6.26 Å². The number of nitrogens with zero attached hydrogens (tertiary/aromatic N) is 1. The maximum atomic E-state index is 11.7. The number of hydrogen-bond donors (Lipinski definition) is 1. The van der Waals surface area contributed by atoms with Crippen LogP contribution < -0.4 is 5.32 Å². The molecule has 0 atom stereocenters. The van der Waals surface area contributed by atoms with Crippen LogP contribution in [0, 0.1) is 0 Å². The van der Waals surface area contributed by atoms with Gasteiger partial charge >= 0.3 is 6.09 Å². The van der Waals surface area contributed by atoms with E-state index in [1.54, 1.807) is 12.3 Å². The van der Waals surface area contributed by atoms with Gasteiger partial charge in [0, 0.05) is 6.42 Å². The molecule has 0 heterocycles. The van der Waals surface area contributed by atoms with Crippen LogP contribution in [-0.4, -0.2) is 23.4 Å². The van der Waals surface area contributed by atoms with Gasteiger partial charge in [-0.3, -0.25) is 4.79 Å². The summed E-state index contributed by atoms with van der Waals surface area (Å²) in [5.41, 5.74) is 0.880. The molecule has 0 aromatic heterocycles. The van der Waals surface area contributed by atoms with E-state index in [1.807, 2.05) is 30.3 Å². The van der Waals surface area contributed by atoms with Gasteiger partial charge in [-0.25, -0.2) is 4.79 Å². The molecule has 1 N–H and O–H groups in total. The molecule has 118 valence electrons. The summed E-state index contributed by atoms with van der Waals surface area (Å²) in [5.74, 6) is -0.175. The number of allylic oxidation sites excluding steroid dienone is 1. The Balaban J connectivity index is 2.43. The summed E-state index contributed by atoms with van der Waals surface area (Å²) in [4.78, 5) is 27.0. The quantitative estimate of drug-likeness (QED) is 0.377. The lowest BCUT2D eigenvalue weighted by Crippen LogP contribution is -2.28. The minimum absolute atomic E-state index is 0.151. The molecule has 0 spiro atoms. The largest absolute Gasteiger partial charge is 0.443 e. The number of amidine groups is 1. The first-order chi connectivity index (χ1) is 10.7. The Morgan fingerprint density at radius 1 is 1.36 bits per heavy atom. The highest BCUT2D eigenvalue weighted by Crippen LogP contribution is 2.04. The predicted molar refractivity (Wildman–Crippen MR) is 89.8 cm³/mol. The predicted octanol–water partition coefficient (Wildman–Crippen LogP) is 3.51. The number of thioether (sulfide) groups is 1. The average molecular weight is 320 g/mol. The van der Waals surface area contributed by atoms with Gasteiger partial charge in [-0.1, -0.05) is 48.2 Å². The number of benzene rings is 1. The molecule has 0 saturated carbocycles. The third-order valence-electron chi connectivity index (χ3n) is 2.65. The summed E-state index contributed by atoms with van der Waals surface area (Å²) < 4.78 is 5.04. The number of unbranched alkanes of at least 4 members (excludes halogenated alkanes) is 1. The first kappa shape index (κ1) is 18.0. The van der Waals surface area contributed by atoms with Gasteiger partial charge in [-0.15, -0.1) is 6.58 Å². The molecule has 6 heteroatoms. The number of amides is 2. The first-order valence-corrected chi connectivity index (χ1v) is 8.12. The van der Waals surface area contributed by atoms with E-state index in [9.17, 15) is 9.59 Å². The van der Waals surface area contributed by atoms with Crippen LogP contribution >= 0.6 is 11.8 Å². The second kappa shape index (κ2) is 10.6. The molecule has 1 aromatic carbocycles. The Bertz CT molecular complexity index is 529. The van der Waals surface area contributed by atoms with Crippen molar-refractivity contribution in [3.05, 3.63) is 48.6 Å². The van der Waals surface area contributed by atoms with Gasteiger partial charge in [0.25, 0.3) is 0 Å². The summed E-state index contributed by atoms with van der Waals surface area (Å²) in [7, 11) is 0. The molecular weight excluding hydrogens is 300 g/mol. The lowest BCUT2D eigenvalue weighted by molar-refractivity contribution is -0.119. The molecule has 2 amide bonds. The van der Waals surface area contributed by atoms with E-state index in [4.69, 9.17) is 4.74 Å². The fourth-order valence-electron chi connectivity index (χ4n) is 1.55. The summed E-state index contributed by atoms with van der Waals surface area (Å²) in [6.07, 6.45) is 4.63. The molecule has 0 radical (unpaired) electrons. The molecule has 1 aromatic rings. The first-order valence-electron chi connectivity index (χ1n) is 6.89. The van der Waals surface area contributed by atoms with Crippen molar-refractivity contribution < 1.29 is 14.3 Å². The molecule has 5 nitrogen and oxygen atoms in total. The minimum atomic E-state index is -0.723. The Morgan fingerprint density at radius 3 is 2.73 bits per heavy atom. The third-order valence-corrected chi connectivity index (χ3v) is 3.23. The van der Waals surface area contributed by atoms with Crippen molar-refractivity contribution in [3.8, 4) is 0 Å². The van der Waals surface area contributed by atoms with E-state index in [-0.39, 0.29) is 17.7 Å². The number of rotatable bonds is 6. The van der Waals surface area contributed by atoms with E-state index < -0.39 is 6.09 Å². The lowest BCUT2D eigenvalue weighted by Gasteiger charge is -2.06. The van der Waals surface area contributed by atoms with E-state index in [0.717, 1.165) is 18.4 Å². The number of nitrogens with one attached hydrogen (secondary N) is 1. The van der Waals surface area contributed by atoms with Gasteiger partial charge in [0.05, 0.1) is 0 Å². The maximum absolute atomic E-state index is 11.7. The fourth-order valence-corrected chi connectivity index (χ4v) is 1.93. The summed E-state index contributed by atoms with van der Waals surface area (Å²) in [6, 6.07) is 9.32. The molecule has 0 unspecified atom stereocenters. The van der Waals surface area contributed by atoms with Crippen LogP contribution in [0.25, 0.3) is 0 Å². The van der Waals surface area contributed by atoms with E-state index in [2.05, 4.69) is 16.9 Å². The van der Waals surface area contributed by atoms with Crippen LogP contribution in [0.4, 0.5) is 4.79 Å². The highest BCUT2D eigenvalue weighted by atomic mass is 32.2. The normalized spacial score (nSPS) is 10.9. The van der Waals surface area contributed by atoms with Crippen molar-refractivity contribution in [1.29, 1.82) is 0 Å². The molecule has 0 saturated heterocycles. The van der Waals surface area contributed by atoms with Crippen LogP contribution in [0.2, 0.25) is 0 Å². The topological polar surface area (TPSA) is 67.8 Å². The lowest BCUT2D eigenvalue weighted by atomic mass is 10.2. The second-order valence-corrected chi connectivity index (χ2v) is 5.19. The highest BCUT2D eigenvalue weighted by molar-refractivity contribution is 8.13. The van der Waals surface area contributed by atoms with Crippen molar-refractivity contribution in [3.63, 3.8) is 0 Å². The Labute approximate surface area is 134 Å². The summed E-state index contributed by atoms with van der Waals surface area (Å²) >= 11 is 1.18. The molecule has 0 bridgehead atoms. The van der Waals surface area contributed by atoms with Crippen LogP contribution in [0.15, 0.2) is 48.0 Å². The number of hydrogen-bond acceptors (Lipinski definition) is 4. The van der Waals surface area contributed by atoms with Gasteiger partial charge in [0.2, 0.25) is 5.91 Å². The van der Waals surface area contributed by atoms with Crippen LogP contribution in [0.3, 0.4) is 0 Å². The zero-order valence-corrected chi connectivity index (χ0v) is 13.4.